The number of carbonyl (C=O) groups excluding carboxylic acids is 1. The van der Waals surface area contributed by atoms with Gasteiger partial charge in [-0.3, -0.25) is 4.79 Å². The van der Waals surface area contributed by atoms with Crippen molar-refractivity contribution >= 4 is 23.2 Å². The van der Waals surface area contributed by atoms with Crippen LogP contribution < -0.4 is 10.6 Å². The van der Waals surface area contributed by atoms with E-state index in [9.17, 15) is 23.1 Å². The van der Waals surface area contributed by atoms with E-state index in [0.29, 0.717) is 24.6 Å². The van der Waals surface area contributed by atoms with Crippen LogP contribution in [0.5, 0.6) is 0 Å². The highest BCUT2D eigenvalue weighted by atomic mass is 19.4. The van der Waals surface area contributed by atoms with E-state index >= 15 is 0 Å². The number of halogens is 3. The van der Waals surface area contributed by atoms with Crippen LogP contribution in [0, 0.1) is 6.92 Å². The van der Waals surface area contributed by atoms with E-state index in [1.54, 1.807) is 6.07 Å². The summed E-state index contributed by atoms with van der Waals surface area (Å²) < 4.78 is 41.7. The second-order valence-electron chi connectivity index (χ2n) is 11.5. The number of nitrogens with zero attached hydrogens (tertiary/aromatic N) is 3. The lowest BCUT2D eigenvalue weighted by atomic mass is 9.82. The van der Waals surface area contributed by atoms with Gasteiger partial charge >= 0.3 is 6.18 Å². The first-order valence-electron chi connectivity index (χ1n) is 14.0. The number of rotatable bonds is 8. The average molecular weight is 568 g/mol. The third-order valence-corrected chi connectivity index (χ3v) is 8.29. The van der Waals surface area contributed by atoms with Crippen molar-refractivity contribution in [1.29, 1.82) is 0 Å². The van der Waals surface area contributed by atoms with Crippen molar-refractivity contribution < 1.29 is 23.1 Å². The van der Waals surface area contributed by atoms with Crippen LogP contribution in [-0.4, -0.2) is 52.1 Å². The first kappa shape index (κ1) is 29.0. The van der Waals surface area contributed by atoms with Crippen LogP contribution in [0.1, 0.15) is 66.1 Å². The maximum Gasteiger partial charge on any atom is 0.419 e. The summed E-state index contributed by atoms with van der Waals surface area (Å²) in [6.45, 7) is 8.29. The van der Waals surface area contributed by atoms with Crippen molar-refractivity contribution in [3.05, 3.63) is 76.1 Å². The number of aliphatic hydroxyl groups is 1. The summed E-state index contributed by atoms with van der Waals surface area (Å²) in [6.07, 6.45) is -1.27. The topological polar surface area (TPSA) is 90.4 Å². The fraction of sp³-hybridized carbons (Fsp3) is 0.452. The molecule has 1 saturated heterocycles. The van der Waals surface area contributed by atoms with Crippen LogP contribution in [0.15, 0.2) is 42.6 Å². The Balaban J connectivity index is 1.36. The van der Waals surface area contributed by atoms with Gasteiger partial charge < -0.3 is 20.6 Å². The summed E-state index contributed by atoms with van der Waals surface area (Å²) in [5, 5.41) is 15.3. The predicted octanol–water partition coefficient (Wildman–Crippen LogP) is 5.73. The minimum atomic E-state index is -4.59. The van der Waals surface area contributed by atoms with Gasteiger partial charge in [0.2, 0.25) is 11.9 Å². The lowest BCUT2D eigenvalue weighted by molar-refractivity contribution is -0.138. The molecule has 218 valence electrons. The predicted molar refractivity (Wildman–Crippen MR) is 153 cm³/mol. The Bertz CT molecular complexity index is 1440. The SMILES string of the molecule is Cc1cc(C2CCCN(CCO)C2)ccc1Nc1ncc(C(F)(F)F)c(CCc2cccc3c2C(C)(C)C(=O)N3)n1. The van der Waals surface area contributed by atoms with Crippen molar-refractivity contribution in [2.45, 2.75) is 64.0 Å². The molecule has 5 rings (SSSR count). The molecular weight excluding hydrogens is 531 g/mol. The summed E-state index contributed by atoms with van der Waals surface area (Å²) in [4.78, 5) is 23.1. The van der Waals surface area contributed by atoms with Crippen molar-refractivity contribution in [2.75, 3.05) is 36.9 Å². The fourth-order valence-electron chi connectivity index (χ4n) is 6.07. The highest BCUT2D eigenvalue weighted by Crippen LogP contribution is 2.40. The smallest absolute Gasteiger partial charge is 0.395 e. The molecule has 0 aliphatic carbocycles. The molecule has 0 saturated carbocycles. The molecule has 10 heteroatoms. The first-order chi connectivity index (χ1) is 19.5. The van der Waals surface area contributed by atoms with Gasteiger partial charge in [-0.2, -0.15) is 13.2 Å². The van der Waals surface area contributed by atoms with Gasteiger partial charge in [0.1, 0.15) is 0 Å². The maximum absolute atomic E-state index is 13.9. The van der Waals surface area contributed by atoms with Crippen LogP contribution >= 0.6 is 0 Å². The Labute approximate surface area is 238 Å². The number of amides is 1. The highest BCUT2D eigenvalue weighted by molar-refractivity contribution is 6.06. The maximum atomic E-state index is 13.9. The van der Waals surface area contributed by atoms with Crippen LogP contribution in [0.4, 0.5) is 30.5 Å². The van der Waals surface area contributed by atoms with E-state index in [1.807, 2.05) is 45.0 Å². The van der Waals surface area contributed by atoms with Gasteiger partial charge in [-0.1, -0.05) is 24.3 Å². The lowest BCUT2D eigenvalue weighted by Crippen LogP contribution is -2.36. The van der Waals surface area contributed by atoms with Crippen molar-refractivity contribution in [1.82, 2.24) is 14.9 Å². The standard InChI is InChI=1S/C31H36F3N5O2/c1-19-16-21(22-7-5-13-39(18-22)14-15-40)10-11-24(19)37-29-35-17-23(31(32,33)34)25(38-29)12-9-20-6-4-8-26-27(20)30(2,3)28(41)36-26/h4,6,8,10-11,16-17,22,40H,5,7,9,12-15,18H2,1-3H3,(H,36,41)(H,35,37,38). The van der Waals surface area contributed by atoms with Gasteiger partial charge in [-0.15, -0.1) is 0 Å². The molecule has 1 unspecified atom stereocenters. The number of alkyl halides is 3. The van der Waals surface area contributed by atoms with E-state index in [4.69, 9.17) is 0 Å². The summed E-state index contributed by atoms with van der Waals surface area (Å²) >= 11 is 0. The number of hydrogen-bond donors (Lipinski definition) is 3. The van der Waals surface area contributed by atoms with Gasteiger partial charge in [-0.25, -0.2) is 9.97 Å². The Morgan fingerprint density at radius 1 is 1.20 bits per heavy atom. The van der Waals surface area contributed by atoms with Crippen molar-refractivity contribution in [3.63, 3.8) is 0 Å². The monoisotopic (exact) mass is 567 g/mol. The molecule has 0 bridgehead atoms. The van der Waals surface area contributed by atoms with E-state index in [1.165, 1.54) is 5.56 Å². The number of benzene rings is 2. The molecule has 1 aromatic heterocycles. The third-order valence-electron chi connectivity index (χ3n) is 8.29. The highest BCUT2D eigenvalue weighted by Gasteiger charge is 2.40. The van der Waals surface area contributed by atoms with Crippen molar-refractivity contribution in [3.8, 4) is 0 Å². The second kappa shape index (κ2) is 11.4. The number of carbonyl (C=O) groups is 1. The Morgan fingerprint density at radius 2 is 2.00 bits per heavy atom. The van der Waals surface area contributed by atoms with Gasteiger partial charge in [0.15, 0.2) is 0 Å². The number of aliphatic hydroxyl groups excluding tert-OH is 1. The first-order valence-corrected chi connectivity index (χ1v) is 14.0. The van der Waals surface area contributed by atoms with E-state index in [-0.39, 0.29) is 30.6 Å². The summed E-state index contributed by atoms with van der Waals surface area (Å²) in [5.74, 6) is 0.342. The number of hydrogen-bond acceptors (Lipinski definition) is 6. The lowest BCUT2D eigenvalue weighted by Gasteiger charge is -2.32. The van der Waals surface area contributed by atoms with Gasteiger partial charge in [0.05, 0.1) is 23.3 Å². The Kier molecular flexibility index (Phi) is 8.07. The average Bonchev–Trinajstić information content (AvgIpc) is 3.16. The molecule has 41 heavy (non-hydrogen) atoms. The molecule has 2 aromatic carbocycles. The normalized spacial score (nSPS) is 18.7. The largest absolute Gasteiger partial charge is 0.419 e. The van der Waals surface area contributed by atoms with Crippen molar-refractivity contribution in [2.24, 2.45) is 0 Å². The van der Waals surface area contributed by atoms with Gasteiger partial charge in [0, 0.05) is 30.7 Å². The summed E-state index contributed by atoms with van der Waals surface area (Å²) in [5.41, 5.74) is 3.50. The number of aromatic nitrogens is 2. The number of likely N-dealkylation sites (tertiary alicyclic amines) is 1. The van der Waals surface area contributed by atoms with Gasteiger partial charge in [-0.05, 0) is 93.3 Å². The number of anilines is 3. The van der Waals surface area contributed by atoms with E-state index in [0.717, 1.165) is 54.5 Å². The quantitative estimate of drug-likeness (QED) is 0.322. The molecule has 1 fully saturated rings. The number of piperidine rings is 1. The van der Waals surface area contributed by atoms with E-state index < -0.39 is 17.2 Å². The van der Waals surface area contributed by atoms with Crippen LogP contribution in [-0.2, 0) is 29.2 Å². The fourth-order valence-corrected chi connectivity index (χ4v) is 6.07. The summed E-state index contributed by atoms with van der Waals surface area (Å²) in [6, 6.07) is 11.5. The zero-order valence-electron chi connectivity index (χ0n) is 23.6. The zero-order valence-corrected chi connectivity index (χ0v) is 23.6. The summed E-state index contributed by atoms with van der Waals surface area (Å²) in [7, 11) is 0. The molecule has 0 radical (unpaired) electrons. The van der Waals surface area contributed by atoms with E-state index in [2.05, 4.69) is 31.6 Å². The Hall–Kier alpha value is -3.50. The third kappa shape index (κ3) is 6.08. The molecule has 3 aromatic rings. The molecular formula is C31H36F3N5O2. The number of nitrogens with one attached hydrogen (secondary N) is 2. The molecule has 2 aliphatic heterocycles. The molecule has 7 nitrogen and oxygen atoms in total. The second-order valence-corrected chi connectivity index (χ2v) is 11.5. The molecule has 0 spiro atoms. The van der Waals surface area contributed by atoms with Crippen LogP contribution in [0.2, 0.25) is 0 Å². The van der Waals surface area contributed by atoms with Gasteiger partial charge in [0.25, 0.3) is 0 Å². The van der Waals surface area contributed by atoms with Crippen LogP contribution in [0.3, 0.4) is 0 Å². The van der Waals surface area contributed by atoms with Crippen LogP contribution in [0.25, 0.3) is 0 Å². The number of β-amino-alcohol motifs (C(OH)–C–C–N with tert-alkyl or cyclic N) is 1. The molecule has 3 heterocycles. The molecule has 1 atom stereocenters. The number of fused-ring (bicyclic) bond motifs is 1. The number of aryl methyl sites for hydroxylation is 3. The molecule has 3 N–H and O–H groups in total. The molecule has 2 aliphatic rings. The molecule has 1 amide bonds. The Morgan fingerprint density at radius 3 is 2.73 bits per heavy atom. The minimum Gasteiger partial charge on any atom is -0.395 e. The minimum absolute atomic E-state index is 0.0384. The zero-order chi connectivity index (χ0) is 29.4.